The van der Waals surface area contributed by atoms with Crippen molar-refractivity contribution in [3.05, 3.63) is 24.5 Å². The first kappa shape index (κ1) is 14.3. The largest absolute Gasteiger partial charge is 0.371 e. The van der Waals surface area contributed by atoms with Crippen molar-refractivity contribution in [3.63, 3.8) is 0 Å². The van der Waals surface area contributed by atoms with Crippen LogP contribution in [0.4, 0.5) is 5.69 Å². The number of rotatable bonds is 3. The molecule has 21 heavy (non-hydrogen) atoms. The Morgan fingerprint density at radius 2 is 1.90 bits per heavy atom. The van der Waals surface area contributed by atoms with Crippen LogP contribution in [-0.4, -0.2) is 48.0 Å². The van der Waals surface area contributed by atoms with Crippen LogP contribution in [0.5, 0.6) is 0 Å². The molecule has 0 aromatic carbocycles. The van der Waals surface area contributed by atoms with Crippen LogP contribution in [0.2, 0.25) is 0 Å². The first-order valence-corrected chi connectivity index (χ1v) is 7.95. The standard InChI is InChI=1S/C16H24N4O/c17-12-15-2-1-9-20(15)16(21)13-5-10-19(11-6-13)14-3-7-18-8-4-14/h3-4,7-8,13,15H,1-2,5-6,9-12,17H2. The van der Waals surface area contributed by atoms with E-state index < -0.39 is 0 Å². The van der Waals surface area contributed by atoms with Gasteiger partial charge in [-0.3, -0.25) is 9.78 Å². The normalized spacial score (nSPS) is 23.6. The van der Waals surface area contributed by atoms with E-state index in [0.717, 1.165) is 45.3 Å². The Morgan fingerprint density at radius 3 is 2.57 bits per heavy atom. The number of hydrogen-bond acceptors (Lipinski definition) is 4. The number of pyridine rings is 1. The van der Waals surface area contributed by atoms with Gasteiger partial charge in [-0.05, 0) is 37.8 Å². The van der Waals surface area contributed by atoms with E-state index >= 15 is 0 Å². The molecule has 0 spiro atoms. The number of nitrogens with two attached hydrogens (primary N) is 1. The van der Waals surface area contributed by atoms with Gasteiger partial charge in [0.2, 0.25) is 5.91 Å². The van der Waals surface area contributed by atoms with E-state index in [1.807, 2.05) is 29.4 Å². The van der Waals surface area contributed by atoms with Gasteiger partial charge in [0, 0.05) is 56.2 Å². The molecule has 1 atom stereocenters. The molecule has 1 aromatic heterocycles. The van der Waals surface area contributed by atoms with Crippen LogP contribution in [-0.2, 0) is 4.79 Å². The minimum atomic E-state index is 0.176. The average Bonchev–Trinajstić information content (AvgIpc) is 3.04. The lowest BCUT2D eigenvalue weighted by Gasteiger charge is -2.35. The van der Waals surface area contributed by atoms with Gasteiger partial charge >= 0.3 is 0 Å². The molecule has 2 fully saturated rings. The van der Waals surface area contributed by atoms with Gasteiger partial charge in [-0.2, -0.15) is 0 Å². The van der Waals surface area contributed by atoms with Crippen molar-refractivity contribution in [2.24, 2.45) is 11.7 Å². The minimum Gasteiger partial charge on any atom is -0.371 e. The van der Waals surface area contributed by atoms with Crippen LogP contribution < -0.4 is 10.6 Å². The Balaban J connectivity index is 1.57. The summed E-state index contributed by atoms with van der Waals surface area (Å²) in [6.45, 7) is 3.38. The third-order valence-corrected chi connectivity index (χ3v) is 4.80. The van der Waals surface area contributed by atoms with Crippen molar-refractivity contribution in [2.45, 2.75) is 31.7 Å². The summed E-state index contributed by atoms with van der Waals surface area (Å²) < 4.78 is 0. The highest BCUT2D eigenvalue weighted by Crippen LogP contribution is 2.27. The predicted molar refractivity (Wildman–Crippen MR) is 83.0 cm³/mol. The number of likely N-dealkylation sites (tertiary alicyclic amines) is 1. The van der Waals surface area contributed by atoms with Crippen LogP contribution >= 0.6 is 0 Å². The number of carbonyl (C=O) groups is 1. The van der Waals surface area contributed by atoms with Crippen molar-refractivity contribution in [3.8, 4) is 0 Å². The lowest BCUT2D eigenvalue weighted by Crippen LogP contribution is -2.46. The molecule has 0 radical (unpaired) electrons. The van der Waals surface area contributed by atoms with E-state index in [-0.39, 0.29) is 12.0 Å². The maximum atomic E-state index is 12.7. The Hall–Kier alpha value is -1.62. The fourth-order valence-corrected chi connectivity index (χ4v) is 3.54. The summed E-state index contributed by atoms with van der Waals surface area (Å²) in [6, 6.07) is 4.34. The second-order valence-electron chi connectivity index (χ2n) is 6.03. The summed E-state index contributed by atoms with van der Waals surface area (Å²) >= 11 is 0. The van der Waals surface area contributed by atoms with Gasteiger partial charge in [0.1, 0.15) is 0 Å². The third-order valence-electron chi connectivity index (χ3n) is 4.80. The second-order valence-corrected chi connectivity index (χ2v) is 6.03. The molecule has 2 saturated heterocycles. The number of aromatic nitrogens is 1. The monoisotopic (exact) mass is 288 g/mol. The zero-order valence-electron chi connectivity index (χ0n) is 12.4. The van der Waals surface area contributed by atoms with Gasteiger partial charge in [-0.1, -0.05) is 0 Å². The molecule has 5 heteroatoms. The zero-order valence-corrected chi connectivity index (χ0v) is 12.4. The molecule has 2 N–H and O–H groups in total. The molecular weight excluding hydrogens is 264 g/mol. The number of carbonyl (C=O) groups excluding carboxylic acids is 1. The molecule has 1 amide bonds. The highest BCUT2D eigenvalue weighted by molar-refractivity contribution is 5.79. The fraction of sp³-hybridized carbons (Fsp3) is 0.625. The van der Waals surface area contributed by atoms with Crippen molar-refractivity contribution < 1.29 is 4.79 Å². The number of hydrogen-bond donors (Lipinski definition) is 1. The maximum absolute atomic E-state index is 12.7. The number of anilines is 1. The van der Waals surface area contributed by atoms with Gasteiger partial charge in [0.15, 0.2) is 0 Å². The molecule has 1 unspecified atom stereocenters. The summed E-state index contributed by atoms with van der Waals surface area (Å²) in [5.41, 5.74) is 6.99. The molecule has 3 rings (SSSR count). The quantitative estimate of drug-likeness (QED) is 0.909. The number of piperidine rings is 1. The maximum Gasteiger partial charge on any atom is 0.226 e. The van der Waals surface area contributed by atoms with Gasteiger partial charge in [-0.15, -0.1) is 0 Å². The van der Waals surface area contributed by atoms with Gasteiger partial charge < -0.3 is 15.5 Å². The van der Waals surface area contributed by atoms with Crippen LogP contribution in [0.3, 0.4) is 0 Å². The lowest BCUT2D eigenvalue weighted by atomic mass is 9.94. The summed E-state index contributed by atoms with van der Waals surface area (Å²) in [4.78, 5) is 21.1. The summed E-state index contributed by atoms with van der Waals surface area (Å²) in [6.07, 6.45) is 7.69. The Labute approximate surface area is 126 Å². The predicted octanol–water partition coefficient (Wildman–Crippen LogP) is 1.25. The van der Waals surface area contributed by atoms with E-state index in [2.05, 4.69) is 9.88 Å². The topological polar surface area (TPSA) is 62.5 Å². The summed E-state index contributed by atoms with van der Waals surface area (Å²) in [5, 5.41) is 0. The van der Waals surface area contributed by atoms with E-state index in [1.165, 1.54) is 5.69 Å². The number of amides is 1. The van der Waals surface area contributed by atoms with Gasteiger partial charge in [0.05, 0.1) is 0 Å². The summed E-state index contributed by atoms with van der Waals surface area (Å²) in [5.74, 6) is 0.507. The molecule has 0 saturated carbocycles. The van der Waals surface area contributed by atoms with Crippen molar-refractivity contribution in [1.29, 1.82) is 0 Å². The molecule has 1 aromatic rings. The average molecular weight is 288 g/mol. The third kappa shape index (κ3) is 3.02. The Kier molecular flexibility index (Phi) is 4.39. The number of nitrogens with zero attached hydrogens (tertiary/aromatic N) is 3. The van der Waals surface area contributed by atoms with Crippen LogP contribution in [0, 0.1) is 5.92 Å². The van der Waals surface area contributed by atoms with E-state index in [1.54, 1.807) is 0 Å². The first-order chi connectivity index (χ1) is 10.3. The Bertz CT molecular complexity index is 470. The SMILES string of the molecule is NCC1CCCN1C(=O)C1CCN(c2ccncc2)CC1. The van der Waals surface area contributed by atoms with E-state index in [4.69, 9.17) is 5.73 Å². The zero-order chi connectivity index (χ0) is 14.7. The van der Waals surface area contributed by atoms with E-state index in [9.17, 15) is 4.79 Å². The van der Waals surface area contributed by atoms with Crippen molar-refractivity contribution in [2.75, 3.05) is 31.1 Å². The molecule has 2 aliphatic rings. The highest BCUT2D eigenvalue weighted by Gasteiger charge is 2.34. The second kappa shape index (κ2) is 6.43. The van der Waals surface area contributed by atoms with Gasteiger partial charge in [0.25, 0.3) is 0 Å². The van der Waals surface area contributed by atoms with Crippen molar-refractivity contribution in [1.82, 2.24) is 9.88 Å². The van der Waals surface area contributed by atoms with Crippen LogP contribution in [0.15, 0.2) is 24.5 Å². The molecule has 114 valence electrons. The summed E-state index contributed by atoms with van der Waals surface area (Å²) in [7, 11) is 0. The van der Waals surface area contributed by atoms with E-state index in [0.29, 0.717) is 12.5 Å². The minimum absolute atomic E-state index is 0.176. The highest BCUT2D eigenvalue weighted by atomic mass is 16.2. The van der Waals surface area contributed by atoms with Crippen LogP contribution in [0.1, 0.15) is 25.7 Å². The first-order valence-electron chi connectivity index (χ1n) is 7.95. The fourth-order valence-electron chi connectivity index (χ4n) is 3.54. The molecule has 3 heterocycles. The smallest absolute Gasteiger partial charge is 0.226 e. The van der Waals surface area contributed by atoms with Gasteiger partial charge in [-0.25, -0.2) is 0 Å². The van der Waals surface area contributed by atoms with Crippen molar-refractivity contribution >= 4 is 11.6 Å². The van der Waals surface area contributed by atoms with Crippen LogP contribution in [0.25, 0.3) is 0 Å². The Morgan fingerprint density at radius 1 is 1.19 bits per heavy atom. The molecular formula is C16H24N4O. The molecule has 5 nitrogen and oxygen atoms in total. The lowest BCUT2D eigenvalue weighted by molar-refractivity contribution is -0.136. The molecule has 0 bridgehead atoms. The molecule has 0 aliphatic carbocycles. The molecule has 2 aliphatic heterocycles.